The molecule has 0 aromatic carbocycles. The van der Waals surface area contributed by atoms with E-state index in [9.17, 15) is 0 Å². The highest BCUT2D eigenvalue weighted by atomic mass is 15.6. The third-order valence-electron chi connectivity index (χ3n) is 3.09. The fraction of sp³-hybridized carbons (Fsp3) is 0.0769. The highest BCUT2D eigenvalue weighted by Crippen LogP contribution is 2.08. The van der Waals surface area contributed by atoms with Crippen molar-refractivity contribution in [1.29, 1.82) is 0 Å². The first-order valence-electron chi connectivity index (χ1n) is 6.63. The molecule has 0 atom stereocenters. The van der Waals surface area contributed by atoms with Gasteiger partial charge in [-0.25, -0.2) is 9.67 Å². The molecule has 0 saturated carbocycles. The number of tetrazole rings is 1. The molecule has 9 nitrogen and oxygen atoms in total. The first kappa shape index (κ1) is 12.4. The second kappa shape index (κ2) is 5.20. The van der Waals surface area contributed by atoms with E-state index >= 15 is 0 Å². The molecule has 0 amide bonds. The van der Waals surface area contributed by atoms with Gasteiger partial charge in [0.1, 0.15) is 5.82 Å². The van der Waals surface area contributed by atoms with Crippen molar-refractivity contribution in [3.63, 3.8) is 0 Å². The molecule has 4 heterocycles. The third kappa shape index (κ3) is 2.35. The smallest absolute Gasteiger partial charge is 0.200 e. The minimum Gasteiger partial charge on any atom is -0.364 e. The van der Waals surface area contributed by atoms with E-state index in [-0.39, 0.29) is 0 Å². The summed E-state index contributed by atoms with van der Waals surface area (Å²) in [6.07, 6.45) is 5.38. The highest BCUT2D eigenvalue weighted by Gasteiger charge is 2.02. The molecule has 0 radical (unpaired) electrons. The average molecular weight is 293 g/mol. The lowest BCUT2D eigenvalue weighted by Crippen LogP contribution is -2.05. The van der Waals surface area contributed by atoms with E-state index in [1.807, 2.05) is 30.5 Å². The van der Waals surface area contributed by atoms with Crippen LogP contribution in [0.1, 0.15) is 5.56 Å². The Bertz CT molecular complexity index is 879. The molecule has 4 rings (SSSR count). The summed E-state index contributed by atoms with van der Waals surface area (Å²) in [6, 6.07) is 9.40. The van der Waals surface area contributed by atoms with E-state index < -0.39 is 0 Å². The molecular formula is C13H11N9. The van der Waals surface area contributed by atoms with Crippen LogP contribution in [-0.4, -0.2) is 40.0 Å². The van der Waals surface area contributed by atoms with Crippen molar-refractivity contribution in [1.82, 2.24) is 40.0 Å². The number of nitrogens with zero attached hydrogens (tertiary/aromatic N) is 8. The maximum atomic E-state index is 4.38. The van der Waals surface area contributed by atoms with Crippen LogP contribution in [0.4, 0.5) is 5.82 Å². The number of anilines is 1. The van der Waals surface area contributed by atoms with Crippen LogP contribution in [0.2, 0.25) is 0 Å². The van der Waals surface area contributed by atoms with E-state index in [4.69, 9.17) is 0 Å². The van der Waals surface area contributed by atoms with E-state index in [2.05, 4.69) is 36.0 Å². The molecule has 0 aliphatic heterocycles. The van der Waals surface area contributed by atoms with Gasteiger partial charge in [-0.15, -0.1) is 14.8 Å². The van der Waals surface area contributed by atoms with Crippen LogP contribution in [0, 0.1) is 0 Å². The minimum atomic E-state index is 0.604. The molecule has 0 fully saturated rings. The van der Waals surface area contributed by atoms with E-state index in [1.54, 1.807) is 23.1 Å². The van der Waals surface area contributed by atoms with Crippen LogP contribution in [-0.2, 0) is 6.54 Å². The Hall–Kier alpha value is -3.36. The van der Waals surface area contributed by atoms with Gasteiger partial charge >= 0.3 is 0 Å². The summed E-state index contributed by atoms with van der Waals surface area (Å²) < 4.78 is 3.09. The number of rotatable bonds is 4. The second-order valence-corrected chi connectivity index (χ2v) is 4.57. The number of fused-ring (bicyclic) bond motifs is 1. The lowest BCUT2D eigenvalue weighted by Gasteiger charge is -2.06. The summed E-state index contributed by atoms with van der Waals surface area (Å²) in [5.74, 6) is 1.47. The zero-order valence-electron chi connectivity index (χ0n) is 11.4. The summed E-state index contributed by atoms with van der Waals surface area (Å²) >= 11 is 0. The molecule has 22 heavy (non-hydrogen) atoms. The average Bonchev–Trinajstić information content (AvgIpc) is 3.24. The van der Waals surface area contributed by atoms with Crippen LogP contribution in [0.25, 0.3) is 11.5 Å². The number of pyridine rings is 1. The van der Waals surface area contributed by atoms with Crippen molar-refractivity contribution < 1.29 is 0 Å². The lowest BCUT2D eigenvalue weighted by atomic mass is 10.3. The Kier molecular flexibility index (Phi) is 2.93. The summed E-state index contributed by atoms with van der Waals surface area (Å²) in [4.78, 5) is 4.38. The number of nitrogens with one attached hydrogen (secondary N) is 1. The monoisotopic (exact) mass is 293 g/mol. The molecule has 0 aliphatic carbocycles. The summed E-state index contributed by atoms with van der Waals surface area (Å²) in [5.41, 5.74) is 1.64. The van der Waals surface area contributed by atoms with Crippen molar-refractivity contribution in [3.05, 3.63) is 54.5 Å². The van der Waals surface area contributed by atoms with Gasteiger partial charge in [0.15, 0.2) is 11.5 Å². The zero-order valence-corrected chi connectivity index (χ0v) is 11.4. The Morgan fingerprint density at radius 3 is 2.95 bits per heavy atom. The standard InChI is InChI=1S/C13H11N9/c1-6-16-21(7-1)12-4-2-10(9-15-12)8-14-11-3-5-13-17-19-20-22(13)18-11/h1-7,9H,8H2,(H,14,18). The van der Waals surface area contributed by atoms with Crippen LogP contribution < -0.4 is 5.32 Å². The van der Waals surface area contributed by atoms with Gasteiger partial charge in [0, 0.05) is 25.1 Å². The molecule has 0 unspecified atom stereocenters. The Morgan fingerprint density at radius 2 is 2.14 bits per heavy atom. The van der Waals surface area contributed by atoms with Crippen LogP contribution in [0.5, 0.6) is 0 Å². The molecule has 4 aromatic rings. The highest BCUT2D eigenvalue weighted by molar-refractivity contribution is 5.42. The molecule has 4 aromatic heterocycles. The molecule has 0 spiro atoms. The predicted octanol–water partition coefficient (Wildman–Crippen LogP) is 0.712. The summed E-state index contributed by atoms with van der Waals surface area (Å²) in [5, 5.41) is 22.7. The first-order chi connectivity index (χ1) is 10.9. The molecule has 1 N–H and O–H groups in total. The number of aromatic nitrogens is 8. The lowest BCUT2D eigenvalue weighted by molar-refractivity contribution is 0.734. The van der Waals surface area contributed by atoms with Crippen LogP contribution in [0.3, 0.4) is 0 Å². The Morgan fingerprint density at radius 1 is 1.14 bits per heavy atom. The normalized spacial score (nSPS) is 10.9. The SMILES string of the molecule is c1cnn(-c2ccc(CNc3ccc4nnnn4n3)cn2)c1. The van der Waals surface area contributed by atoms with Gasteiger partial charge in [0.05, 0.1) is 0 Å². The number of hydrogen-bond acceptors (Lipinski definition) is 7. The van der Waals surface area contributed by atoms with Gasteiger partial charge in [-0.1, -0.05) is 6.07 Å². The Balaban J connectivity index is 1.46. The van der Waals surface area contributed by atoms with Crippen LogP contribution in [0.15, 0.2) is 48.9 Å². The molecular weight excluding hydrogens is 282 g/mol. The van der Waals surface area contributed by atoms with Gasteiger partial charge in [-0.3, -0.25) is 0 Å². The zero-order chi connectivity index (χ0) is 14.8. The summed E-state index contributed by atoms with van der Waals surface area (Å²) in [7, 11) is 0. The van der Waals surface area contributed by atoms with Gasteiger partial charge in [-0.05, 0) is 40.3 Å². The van der Waals surface area contributed by atoms with Crippen molar-refractivity contribution >= 4 is 11.5 Å². The van der Waals surface area contributed by atoms with E-state index in [0.717, 1.165) is 11.4 Å². The molecule has 0 bridgehead atoms. The van der Waals surface area contributed by atoms with Crippen molar-refractivity contribution in [3.8, 4) is 5.82 Å². The van der Waals surface area contributed by atoms with Crippen molar-refractivity contribution in [2.75, 3.05) is 5.32 Å². The van der Waals surface area contributed by atoms with Gasteiger partial charge in [0.25, 0.3) is 0 Å². The first-order valence-corrected chi connectivity index (χ1v) is 6.63. The molecule has 108 valence electrons. The van der Waals surface area contributed by atoms with Gasteiger partial charge in [0.2, 0.25) is 0 Å². The largest absolute Gasteiger partial charge is 0.364 e. The fourth-order valence-electron chi connectivity index (χ4n) is 2.00. The topological polar surface area (TPSA) is 98.7 Å². The number of hydrogen-bond donors (Lipinski definition) is 1. The maximum absolute atomic E-state index is 4.38. The van der Waals surface area contributed by atoms with E-state index in [1.165, 1.54) is 4.63 Å². The maximum Gasteiger partial charge on any atom is 0.200 e. The molecule has 0 aliphatic rings. The summed E-state index contributed by atoms with van der Waals surface area (Å²) in [6.45, 7) is 0.604. The van der Waals surface area contributed by atoms with Gasteiger partial charge in [-0.2, -0.15) is 5.10 Å². The predicted molar refractivity (Wildman–Crippen MR) is 77.3 cm³/mol. The molecule has 0 saturated heterocycles. The van der Waals surface area contributed by atoms with Gasteiger partial charge < -0.3 is 5.32 Å². The second-order valence-electron chi connectivity index (χ2n) is 4.57. The quantitative estimate of drug-likeness (QED) is 0.591. The minimum absolute atomic E-state index is 0.604. The van der Waals surface area contributed by atoms with Crippen molar-refractivity contribution in [2.24, 2.45) is 0 Å². The van der Waals surface area contributed by atoms with Crippen LogP contribution >= 0.6 is 0 Å². The fourth-order valence-corrected chi connectivity index (χ4v) is 2.00. The van der Waals surface area contributed by atoms with Crippen molar-refractivity contribution in [2.45, 2.75) is 6.54 Å². The molecule has 9 heteroatoms. The Labute approximate surface area is 124 Å². The van der Waals surface area contributed by atoms with E-state index in [0.29, 0.717) is 18.0 Å². The third-order valence-corrected chi connectivity index (χ3v) is 3.09.